The molecule has 1 aromatic heterocycles. The average molecular weight is 556 g/mol. The molecule has 178 valence electrons. The van der Waals surface area contributed by atoms with Crippen LogP contribution in [0.4, 0.5) is 0 Å². The number of hydrogen-bond donors (Lipinski definition) is 2. The Kier molecular flexibility index (Phi) is 11.8. The molecular weight excluding hydrogens is 519 g/mol. The van der Waals surface area contributed by atoms with Gasteiger partial charge in [0, 0.05) is 52.2 Å². The van der Waals surface area contributed by atoms with Gasteiger partial charge in [0.2, 0.25) is 0 Å². The van der Waals surface area contributed by atoms with E-state index < -0.39 is 0 Å². The minimum absolute atomic E-state index is 0. The zero-order valence-electron chi connectivity index (χ0n) is 19.4. The summed E-state index contributed by atoms with van der Waals surface area (Å²) in [4.78, 5) is 11.1. The fourth-order valence-electron chi connectivity index (χ4n) is 3.84. The first kappa shape index (κ1) is 26.4. The zero-order chi connectivity index (χ0) is 21.9. The van der Waals surface area contributed by atoms with Crippen molar-refractivity contribution in [2.24, 2.45) is 4.99 Å². The number of unbranched alkanes of at least 4 members (excludes halogenated alkanes) is 1. The van der Waals surface area contributed by atoms with E-state index in [-0.39, 0.29) is 30.0 Å². The van der Waals surface area contributed by atoms with Gasteiger partial charge in [-0.3, -0.25) is 9.89 Å². The van der Waals surface area contributed by atoms with Crippen LogP contribution in [0.5, 0.6) is 5.75 Å². The largest absolute Gasteiger partial charge is 0.497 e. The molecular formula is C23H37IN6O2. The second-order valence-electron chi connectivity index (χ2n) is 7.69. The highest BCUT2D eigenvalue weighted by molar-refractivity contribution is 14.0. The van der Waals surface area contributed by atoms with Crippen molar-refractivity contribution in [1.29, 1.82) is 0 Å². The highest BCUT2D eigenvalue weighted by Crippen LogP contribution is 2.23. The molecule has 9 heteroatoms. The summed E-state index contributed by atoms with van der Waals surface area (Å²) in [6, 6.07) is 8.59. The molecule has 1 aromatic carbocycles. The van der Waals surface area contributed by atoms with Gasteiger partial charge in [-0.2, -0.15) is 0 Å². The van der Waals surface area contributed by atoms with Crippen LogP contribution in [0.1, 0.15) is 30.3 Å². The van der Waals surface area contributed by atoms with E-state index >= 15 is 0 Å². The number of nitrogens with one attached hydrogen (secondary N) is 2. The first-order valence-corrected chi connectivity index (χ1v) is 11.1. The smallest absolute Gasteiger partial charge is 0.191 e. The van der Waals surface area contributed by atoms with Gasteiger partial charge in [0.15, 0.2) is 5.96 Å². The summed E-state index contributed by atoms with van der Waals surface area (Å²) in [7, 11) is 3.52. The van der Waals surface area contributed by atoms with Gasteiger partial charge in [-0.05, 0) is 37.5 Å². The van der Waals surface area contributed by atoms with Gasteiger partial charge in [-0.15, -0.1) is 24.0 Å². The third-order valence-corrected chi connectivity index (χ3v) is 5.72. The average Bonchev–Trinajstić information content (AvgIpc) is 3.23. The van der Waals surface area contributed by atoms with Crippen LogP contribution in [0.25, 0.3) is 0 Å². The maximum Gasteiger partial charge on any atom is 0.191 e. The van der Waals surface area contributed by atoms with Crippen molar-refractivity contribution in [1.82, 2.24) is 25.1 Å². The lowest BCUT2D eigenvalue weighted by atomic mass is 10.0. The normalized spacial score (nSPS) is 15.7. The topological polar surface area (TPSA) is 75.9 Å². The lowest BCUT2D eigenvalue weighted by Gasteiger charge is -2.35. The van der Waals surface area contributed by atoms with Crippen LogP contribution in [-0.2, 0) is 11.3 Å². The van der Waals surface area contributed by atoms with E-state index in [1.807, 2.05) is 38.5 Å². The minimum Gasteiger partial charge on any atom is -0.497 e. The molecule has 2 N–H and O–H groups in total. The number of ether oxygens (including phenoxy) is 2. The molecule has 0 saturated carbocycles. The number of nitrogens with zero attached hydrogens (tertiary/aromatic N) is 4. The van der Waals surface area contributed by atoms with Gasteiger partial charge >= 0.3 is 0 Å². The Balaban J connectivity index is 0.00000363. The van der Waals surface area contributed by atoms with Crippen molar-refractivity contribution in [2.45, 2.75) is 32.4 Å². The molecule has 1 fully saturated rings. The Bertz CT molecular complexity index is 805. The van der Waals surface area contributed by atoms with Gasteiger partial charge in [0.05, 0.1) is 26.4 Å². The molecule has 0 amide bonds. The summed E-state index contributed by atoms with van der Waals surface area (Å²) >= 11 is 0. The van der Waals surface area contributed by atoms with Gasteiger partial charge in [0.1, 0.15) is 11.6 Å². The fourth-order valence-corrected chi connectivity index (χ4v) is 3.84. The quantitative estimate of drug-likeness (QED) is 0.203. The minimum atomic E-state index is 0. The van der Waals surface area contributed by atoms with Crippen LogP contribution in [-0.4, -0.2) is 74.0 Å². The first-order valence-electron chi connectivity index (χ1n) is 11.1. The molecule has 1 saturated heterocycles. The second-order valence-corrected chi connectivity index (χ2v) is 7.69. The third-order valence-electron chi connectivity index (χ3n) is 5.72. The van der Waals surface area contributed by atoms with Crippen LogP contribution >= 0.6 is 24.0 Å². The number of rotatable bonds is 10. The predicted octanol–water partition coefficient (Wildman–Crippen LogP) is 2.84. The van der Waals surface area contributed by atoms with E-state index in [4.69, 9.17) is 9.47 Å². The molecule has 3 rings (SSSR count). The monoisotopic (exact) mass is 556 g/mol. The number of aromatic nitrogens is 2. The maximum absolute atomic E-state index is 5.56. The number of imidazole rings is 1. The number of halogens is 1. The van der Waals surface area contributed by atoms with Gasteiger partial charge in [0.25, 0.3) is 0 Å². The number of methoxy groups -OCH3 is 1. The summed E-state index contributed by atoms with van der Waals surface area (Å²) in [6.45, 7) is 8.11. The SMILES string of the molecule is CN=C(NCCCCn1ccnc1C)NCC(c1ccc(OC)cc1)N1CCOCC1.I. The molecule has 32 heavy (non-hydrogen) atoms. The van der Waals surface area contributed by atoms with Gasteiger partial charge in [-0.1, -0.05) is 12.1 Å². The van der Waals surface area contributed by atoms with E-state index in [0.717, 1.165) is 76.3 Å². The van der Waals surface area contributed by atoms with Crippen LogP contribution in [0.3, 0.4) is 0 Å². The number of aliphatic imine (C=N–C) groups is 1. The van der Waals surface area contributed by atoms with Crippen LogP contribution < -0.4 is 15.4 Å². The van der Waals surface area contributed by atoms with E-state index in [2.05, 4.69) is 42.2 Å². The third kappa shape index (κ3) is 7.93. The van der Waals surface area contributed by atoms with E-state index in [9.17, 15) is 0 Å². The molecule has 0 radical (unpaired) electrons. The van der Waals surface area contributed by atoms with Crippen molar-refractivity contribution >= 4 is 29.9 Å². The summed E-state index contributed by atoms with van der Waals surface area (Å²) < 4.78 is 13.1. The Morgan fingerprint density at radius 1 is 1.19 bits per heavy atom. The Morgan fingerprint density at radius 3 is 2.56 bits per heavy atom. The molecule has 0 bridgehead atoms. The maximum atomic E-state index is 5.56. The van der Waals surface area contributed by atoms with E-state index in [0.29, 0.717) is 0 Å². The van der Waals surface area contributed by atoms with Crippen LogP contribution in [0, 0.1) is 6.92 Å². The van der Waals surface area contributed by atoms with E-state index in [1.165, 1.54) is 5.56 Å². The van der Waals surface area contributed by atoms with Crippen LogP contribution in [0.2, 0.25) is 0 Å². The molecule has 0 spiro atoms. The van der Waals surface area contributed by atoms with Crippen molar-refractivity contribution in [2.75, 3.05) is 53.6 Å². The molecule has 1 unspecified atom stereocenters. The Hall–Kier alpha value is -1.85. The fraction of sp³-hybridized carbons (Fsp3) is 0.565. The Morgan fingerprint density at radius 2 is 1.94 bits per heavy atom. The number of aryl methyl sites for hydroxylation is 2. The number of morpholine rings is 1. The zero-order valence-corrected chi connectivity index (χ0v) is 21.7. The highest BCUT2D eigenvalue weighted by Gasteiger charge is 2.23. The number of guanidine groups is 1. The number of hydrogen-bond acceptors (Lipinski definition) is 5. The molecule has 1 aliphatic rings. The second kappa shape index (κ2) is 14.3. The van der Waals surface area contributed by atoms with Crippen molar-refractivity contribution < 1.29 is 9.47 Å². The predicted molar refractivity (Wildman–Crippen MR) is 139 cm³/mol. The van der Waals surface area contributed by atoms with Gasteiger partial charge in [-0.25, -0.2) is 4.98 Å². The molecule has 1 aliphatic heterocycles. The molecule has 1 atom stereocenters. The van der Waals surface area contributed by atoms with Crippen molar-refractivity contribution in [3.05, 3.63) is 48.0 Å². The summed E-state index contributed by atoms with van der Waals surface area (Å²) in [5.74, 6) is 2.78. The summed E-state index contributed by atoms with van der Waals surface area (Å²) in [5.41, 5.74) is 1.27. The van der Waals surface area contributed by atoms with Crippen LogP contribution in [0.15, 0.2) is 41.7 Å². The van der Waals surface area contributed by atoms with Crippen molar-refractivity contribution in [3.8, 4) is 5.75 Å². The number of benzene rings is 1. The molecule has 2 aromatic rings. The molecule has 2 heterocycles. The highest BCUT2D eigenvalue weighted by atomic mass is 127. The lowest BCUT2D eigenvalue weighted by molar-refractivity contribution is 0.0170. The van der Waals surface area contributed by atoms with Crippen molar-refractivity contribution in [3.63, 3.8) is 0 Å². The Labute approximate surface area is 208 Å². The first-order chi connectivity index (χ1) is 15.2. The molecule has 8 nitrogen and oxygen atoms in total. The lowest BCUT2D eigenvalue weighted by Crippen LogP contribution is -2.46. The molecule has 0 aliphatic carbocycles. The van der Waals surface area contributed by atoms with Gasteiger partial charge < -0.3 is 24.7 Å². The van der Waals surface area contributed by atoms with E-state index in [1.54, 1.807) is 7.11 Å². The summed E-state index contributed by atoms with van der Waals surface area (Å²) in [5, 5.41) is 6.96. The summed E-state index contributed by atoms with van der Waals surface area (Å²) in [6.07, 6.45) is 6.06. The standard InChI is InChI=1S/C23H36N6O2.HI/c1-19-25-11-13-28(19)12-5-4-10-26-23(24-2)27-18-22(29-14-16-31-17-15-29)20-6-8-21(30-3)9-7-20;/h6-9,11,13,22H,4-5,10,12,14-18H2,1-3H3,(H2,24,26,27);1H.